The molecule has 1 saturated carbocycles. The van der Waals surface area contributed by atoms with E-state index in [1.807, 2.05) is 32.6 Å². The van der Waals surface area contributed by atoms with Crippen LogP contribution in [-0.4, -0.2) is 60.8 Å². The lowest BCUT2D eigenvalue weighted by molar-refractivity contribution is -0.149. The summed E-state index contributed by atoms with van der Waals surface area (Å²) in [7, 11) is 0. The summed E-state index contributed by atoms with van der Waals surface area (Å²) in [6, 6.07) is 0. The van der Waals surface area contributed by atoms with Crippen molar-refractivity contribution in [2.24, 2.45) is 11.8 Å². The van der Waals surface area contributed by atoms with Crippen LogP contribution in [0.3, 0.4) is 0 Å². The fourth-order valence-corrected chi connectivity index (χ4v) is 6.58. The SMILES string of the molecule is Cc1c(C)c2c(c(C)c1O)CCC(C)(C(=O)N1CCC(CNCCCCNCC3CCCCC3)CC1)O2. The minimum atomic E-state index is -0.830. The van der Waals surface area contributed by atoms with E-state index in [4.69, 9.17) is 4.74 Å². The Bertz CT molecular complexity index is 919. The third-order valence-electron chi connectivity index (χ3n) is 9.42. The number of phenolic OH excluding ortho intramolecular Hbond substituents is 1. The lowest BCUT2D eigenvalue weighted by atomic mass is 9.86. The van der Waals surface area contributed by atoms with Crippen LogP contribution in [0.2, 0.25) is 0 Å². The fourth-order valence-electron chi connectivity index (χ4n) is 6.58. The van der Waals surface area contributed by atoms with E-state index < -0.39 is 5.60 Å². The average molecular weight is 514 g/mol. The lowest BCUT2D eigenvalue weighted by Gasteiger charge is -2.41. The van der Waals surface area contributed by atoms with Crippen molar-refractivity contribution in [3.8, 4) is 11.5 Å². The molecule has 37 heavy (non-hydrogen) atoms. The van der Waals surface area contributed by atoms with Crippen molar-refractivity contribution in [3.05, 3.63) is 22.3 Å². The molecular weight excluding hydrogens is 462 g/mol. The van der Waals surface area contributed by atoms with Gasteiger partial charge in [-0.2, -0.15) is 0 Å². The van der Waals surface area contributed by atoms with Gasteiger partial charge in [-0.3, -0.25) is 4.79 Å². The van der Waals surface area contributed by atoms with Gasteiger partial charge in [0.1, 0.15) is 11.5 Å². The quantitative estimate of drug-likeness (QED) is 0.376. The Morgan fingerprint density at radius 1 is 0.919 bits per heavy atom. The van der Waals surface area contributed by atoms with Crippen molar-refractivity contribution in [3.63, 3.8) is 0 Å². The molecule has 3 N–H and O–H groups in total. The molecule has 2 heterocycles. The lowest BCUT2D eigenvalue weighted by Crippen LogP contribution is -2.54. The molecule has 208 valence electrons. The zero-order valence-corrected chi connectivity index (χ0v) is 23.9. The first-order valence-electron chi connectivity index (χ1n) is 15.0. The molecule has 0 spiro atoms. The maximum Gasteiger partial charge on any atom is 0.266 e. The molecule has 1 saturated heterocycles. The number of hydrogen-bond acceptors (Lipinski definition) is 5. The van der Waals surface area contributed by atoms with E-state index in [9.17, 15) is 9.90 Å². The number of nitrogens with one attached hydrogen (secondary N) is 2. The maximum absolute atomic E-state index is 13.6. The fraction of sp³-hybridized carbons (Fsp3) is 0.774. The van der Waals surface area contributed by atoms with Gasteiger partial charge in [0.05, 0.1) is 0 Å². The third-order valence-corrected chi connectivity index (χ3v) is 9.42. The minimum Gasteiger partial charge on any atom is -0.507 e. The summed E-state index contributed by atoms with van der Waals surface area (Å²) in [4.78, 5) is 15.6. The standard InChI is InChI=1S/C31H51N3O3/c1-22-23(2)29-27(24(3)28(22)35)12-15-31(4,37-29)30(36)34-18-13-26(14-19-34)21-33-17-9-8-16-32-20-25-10-6-5-7-11-25/h25-26,32-33,35H,5-21H2,1-4H3. The largest absolute Gasteiger partial charge is 0.507 e. The third kappa shape index (κ3) is 6.81. The van der Waals surface area contributed by atoms with E-state index in [1.54, 1.807) is 0 Å². The van der Waals surface area contributed by atoms with Crippen LogP contribution in [0.4, 0.5) is 0 Å². The second kappa shape index (κ2) is 12.8. The molecule has 1 atom stereocenters. The number of hydrogen-bond donors (Lipinski definition) is 3. The number of piperidine rings is 1. The zero-order valence-electron chi connectivity index (χ0n) is 23.9. The van der Waals surface area contributed by atoms with E-state index in [1.165, 1.54) is 51.5 Å². The predicted molar refractivity (Wildman–Crippen MR) is 151 cm³/mol. The number of aromatic hydroxyl groups is 1. The number of phenols is 1. The molecule has 1 amide bonds. The summed E-state index contributed by atoms with van der Waals surface area (Å²) in [6.45, 7) is 13.9. The number of nitrogens with zero attached hydrogens (tertiary/aromatic N) is 1. The molecule has 2 fully saturated rings. The summed E-state index contributed by atoms with van der Waals surface area (Å²) in [6.07, 6.45) is 13.1. The van der Waals surface area contributed by atoms with Crippen LogP contribution in [0.15, 0.2) is 0 Å². The van der Waals surface area contributed by atoms with Crippen molar-refractivity contribution >= 4 is 5.91 Å². The van der Waals surface area contributed by atoms with E-state index in [0.717, 1.165) is 85.9 Å². The highest BCUT2D eigenvalue weighted by atomic mass is 16.5. The summed E-state index contributed by atoms with van der Waals surface area (Å²) in [5.74, 6) is 2.84. The maximum atomic E-state index is 13.6. The van der Waals surface area contributed by atoms with Crippen molar-refractivity contribution in [2.45, 2.75) is 104 Å². The van der Waals surface area contributed by atoms with Gasteiger partial charge >= 0.3 is 0 Å². The molecule has 1 aromatic rings. The van der Waals surface area contributed by atoms with Gasteiger partial charge in [-0.25, -0.2) is 0 Å². The minimum absolute atomic E-state index is 0.119. The number of carbonyl (C=O) groups is 1. The summed E-state index contributed by atoms with van der Waals surface area (Å²) < 4.78 is 6.44. The van der Waals surface area contributed by atoms with E-state index in [2.05, 4.69) is 10.6 Å². The number of amides is 1. The van der Waals surface area contributed by atoms with E-state index in [0.29, 0.717) is 18.1 Å². The highest BCUT2D eigenvalue weighted by Crippen LogP contribution is 2.43. The molecule has 6 nitrogen and oxygen atoms in total. The van der Waals surface area contributed by atoms with Crippen molar-refractivity contribution < 1.29 is 14.6 Å². The molecule has 4 rings (SSSR count). The Kier molecular flexibility index (Phi) is 9.79. The van der Waals surface area contributed by atoms with Gasteiger partial charge in [0.15, 0.2) is 5.60 Å². The highest BCUT2D eigenvalue weighted by molar-refractivity contribution is 5.86. The molecule has 6 heteroatoms. The van der Waals surface area contributed by atoms with Gasteiger partial charge in [-0.05, 0) is 127 Å². The van der Waals surface area contributed by atoms with E-state index in [-0.39, 0.29) is 5.91 Å². The monoisotopic (exact) mass is 513 g/mol. The normalized spacial score (nSPS) is 23.1. The smallest absolute Gasteiger partial charge is 0.266 e. The number of ether oxygens (including phenoxy) is 1. The topological polar surface area (TPSA) is 73.8 Å². The summed E-state index contributed by atoms with van der Waals surface area (Å²) in [5, 5.41) is 17.8. The van der Waals surface area contributed by atoms with E-state index >= 15 is 0 Å². The second-order valence-corrected chi connectivity index (χ2v) is 12.2. The van der Waals surface area contributed by atoms with Crippen molar-refractivity contribution in [1.29, 1.82) is 0 Å². The van der Waals surface area contributed by atoms with Crippen molar-refractivity contribution in [2.75, 3.05) is 39.3 Å². The first-order valence-corrected chi connectivity index (χ1v) is 15.0. The Labute approximate surface area is 224 Å². The first kappa shape index (κ1) is 28.2. The van der Waals surface area contributed by atoms with Crippen molar-refractivity contribution in [1.82, 2.24) is 15.5 Å². The van der Waals surface area contributed by atoms with Crippen LogP contribution in [0.1, 0.15) is 93.4 Å². The number of rotatable bonds is 10. The number of likely N-dealkylation sites (tertiary alicyclic amines) is 1. The van der Waals surface area contributed by atoms with Crippen LogP contribution >= 0.6 is 0 Å². The summed E-state index contributed by atoms with van der Waals surface area (Å²) in [5.41, 5.74) is 2.90. The number of fused-ring (bicyclic) bond motifs is 1. The molecule has 2 aliphatic heterocycles. The van der Waals surface area contributed by atoms with Gasteiger partial charge in [0.25, 0.3) is 5.91 Å². The number of carbonyl (C=O) groups excluding carboxylic acids is 1. The molecule has 1 unspecified atom stereocenters. The molecule has 0 radical (unpaired) electrons. The highest BCUT2D eigenvalue weighted by Gasteiger charge is 2.43. The molecule has 1 aromatic carbocycles. The molecule has 0 bridgehead atoms. The Hall–Kier alpha value is -1.79. The Balaban J connectivity index is 1.14. The van der Waals surface area contributed by atoms with Crippen LogP contribution in [0.25, 0.3) is 0 Å². The first-order chi connectivity index (χ1) is 17.8. The van der Waals surface area contributed by atoms with Gasteiger partial charge in [-0.15, -0.1) is 0 Å². The molecule has 3 aliphatic rings. The molecule has 1 aliphatic carbocycles. The van der Waals surface area contributed by atoms with Gasteiger partial charge in [0.2, 0.25) is 0 Å². The molecule has 0 aromatic heterocycles. The second-order valence-electron chi connectivity index (χ2n) is 12.2. The number of benzene rings is 1. The summed E-state index contributed by atoms with van der Waals surface area (Å²) >= 11 is 0. The van der Waals surface area contributed by atoms with Crippen LogP contribution in [0.5, 0.6) is 11.5 Å². The number of unbranched alkanes of at least 4 members (excludes halogenated alkanes) is 1. The average Bonchev–Trinajstić information content (AvgIpc) is 2.92. The Morgan fingerprint density at radius 2 is 1.51 bits per heavy atom. The van der Waals surface area contributed by atoms with Crippen LogP contribution in [0, 0.1) is 32.6 Å². The van der Waals surface area contributed by atoms with Crippen LogP contribution in [-0.2, 0) is 11.2 Å². The van der Waals surface area contributed by atoms with Gasteiger partial charge < -0.3 is 25.4 Å². The Morgan fingerprint density at radius 3 is 2.14 bits per heavy atom. The predicted octanol–water partition coefficient (Wildman–Crippen LogP) is 5.18. The molecular formula is C31H51N3O3. The van der Waals surface area contributed by atoms with Crippen LogP contribution < -0.4 is 15.4 Å². The van der Waals surface area contributed by atoms with Gasteiger partial charge in [0, 0.05) is 25.1 Å². The van der Waals surface area contributed by atoms with Gasteiger partial charge in [-0.1, -0.05) is 19.3 Å². The zero-order chi connectivity index (χ0) is 26.4.